The zero-order chi connectivity index (χ0) is 22.2. The first-order valence-electron chi connectivity index (χ1n) is 10.6. The maximum absolute atomic E-state index is 12.2. The van der Waals surface area contributed by atoms with Gasteiger partial charge in [-0.2, -0.15) is 0 Å². The predicted octanol–water partition coefficient (Wildman–Crippen LogP) is 4.37. The Morgan fingerprint density at radius 2 is 1.53 bits per heavy atom. The molecule has 3 aromatic carbocycles. The normalized spacial score (nSPS) is 20.5. The number of aliphatic hydroxyl groups excluding tert-OH is 1. The second kappa shape index (κ2) is 10.9. The highest BCUT2D eigenvalue weighted by Gasteiger charge is 2.30. The van der Waals surface area contributed by atoms with Crippen LogP contribution in [0.4, 0.5) is 0 Å². The van der Waals surface area contributed by atoms with Crippen LogP contribution in [0.15, 0.2) is 84.9 Å². The lowest BCUT2D eigenvalue weighted by Gasteiger charge is -2.33. The molecule has 3 aromatic rings. The van der Waals surface area contributed by atoms with Gasteiger partial charge in [0.25, 0.3) is 0 Å². The summed E-state index contributed by atoms with van der Waals surface area (Å²) in [5.41, 5.74) is 1.57. The monoisotopic (exact) mass is 434 g/mol. The van der Waals surface area contributed by atoms with Crippen LogP contribution in [0.3, 0.4) is 0 Å². The van der Waals surface area contributed by atoms with E-state index in [4.69, 9.17) is 18.9 Å². The summed E-state index contributed by atoms with van der Waals surface area (Å²) in [6.45, 7) is 0.867. The van der Waals surface area contributed by atoms with Gasteiger partial charge in [0.1, 0.15) is 11.5 Å². The number of ether oxygens (including phenoxy) is 4. The average Bonchev–Trinajstić information content (AvgIpc) is 2.81. The van der Waals surface area contributed by atoms with E-state index in [1.54, 1.807) is 48.5 Å². The molecule has 166 valence electrons. The van der Waals surface area contributed by atoms with Crippen molar-refractivity contribution >= 4 is 5.97 Å². The molecule has 1 aliphatic rings. The zero-order valence-corrected chi connectivity index (χ0v) is 17.6. The minimum absolute atomic E-state index is 0.251. The van der Waals surface area contributed by atoms with Gasteiger partial charge >= 0.3 is 5.97 Å². The lowest BCUT2D eigenvalue weighted by molar-refractivity contribution is -0.190. The van der Waals surface area contributed by atoms with Crippen LogP contribution in [-0.4, -0.2) is 36.2 Å². The Kier molecular flexibility index (Phi) is 7.51. The zero-order valence-electron chi connectivity index (χ0n) is 17.6. The highest BCUT2D eigenvalue weighted by molar-refractivity contribution is 5.90. The summed E-state index contributed by atoms with van der Waals surface area (Å²) in [5, 5.41) is 10.2. The number of carbonyl (C=O) groups excluding carboxylic acids is 1. The number of carbonyl (C=O) groups is 1. The minimum Gasteiger partial charge on any atom is -0.465 e. The van der Waals surface area contributed by atoms with Gasteiger partial charge in [0.05, 0.1) is 31.0 Å². The molecule has 6 nitrogen and oxygen atoms in total. The van der Waals surface area contributed by atoms with Gasteiger partial charge in [0.15, 0.2) is 0 Å². The molecular weight excluding hydrogens is 408 g/mol. The van der Waals surface area contributed by atoms with E-state index in [0.717, 1.165) is 5.56 Å². The SMILES string of the molecule is O=C(Oc1ccc(OC2CC(O)C[C@@H](COCc3ccccc3)O2)cc1)c1ccccc1. The van der Waals surface area contributed by atoms with E-state index >= 15 is 0 Å². The Morgan fingerprint density at radius 1 is 0.875 bits per heavy atom. The first-order valence-corrected chi connectivity index (χ1v) is 10.6. The smallest absolute Gasteiger partial charge is 0.343 e. The molecule has 0 radical (unpaired) electrons. The first kappa shape index (κ1) is 22.0. The van der Waals surface area contributed by atoms with E-state index in [1.165, 1.54) is 0 Å². The summed E-state index contributed by atoms with van der Waals surface area (Å²) in [7, 11) is 0. The van der Waals surface area contributed by atoms with E-state index in [0.29, 0.717) is 43.1 Å². The summed E-state index contributed by atoms with van der Waals surface area (Å²) >= 11 is 0. The Morgan fingerprint density at radius 3 is 2.25 bits per heavy atom. The molecule has 1 saturated heterocycles. The molecule has 0 bridgehead atoms. The summed E-state index contributed by atoms with van der Waals surface area (Å²) in [6.07, 6.45) is -0.478. The Bertz CT molecular complexity index is 974. The summed E-state index contributed by atoms with van der Waals surface area (Å²) < 4.78 is 23.0. The molecule has 6 heteroatoms. The van der Waals surface area contributed by atoms with Gasteiger partial charge in [-0.25, -0.2) is 4.79 Å². The van der Waals surface area contributed by atoms with Crippen LogP contribution in [0.1, 0.15) is 28.8 Å². The topological polar surface area (TPSA) is 74.2 Å². The molecule has 0 spiro atoms. The second-order valence-electron chi connectivity index (χ2n) is 7.66. The minimum atomic E-state index is -0.582. The number of hydrogen-bond donors (Lipinski definition) is 1. The molecule has 4 rings (SSSR count). The third-order valence-electron chi connectivity index (χ3n) is 5.07. The van der Waals surface area contributed by atoms with Crippen LogP contribution < -0.4 is 9.47 Å². The van der Waals surface area contributed by atoms with Gasteiger partial charge < -0.3 is 24.1 Å². The van der Waals surface area contributed by atoms with Crippen molar-refractivity contribution in [3.8, 4) is 11.5 Å². The van der Waals surface area contributed by atoms with Crippen LogP contribution in [0.5, 0.6) is 11.5 Å². The predicted molar refractivity (Wildman–Crippen MR) is 118 cm³/mol. The van der Waals surface area contributed by atoms with Crippen molar-refractivity contribution in [1.29, 1.82) is 0 Å². The molecule has 1 heterocycles. The van der Waals surface area contributed by atoms with Gasteiger partial charge in [0.2, 0.25) is 6.29 Å². The summed E-state index contributed by atoms with van der Waals surface area (Å²) in [4.78, 5) is 12.2. The average molecular weight is 434 g/mol. The van der Waals surface area contributed by atoms with Gasteiger partial charge in [-0.05, 0) is 42.0 Å². The lowest BCUT2D eigenvalue weighted by Crippen LogP contribution is -2.40. The molecule has 0 aliphatic carbocycles. The fourth-order valence-corrected chi connectivity index (χ4v) is 3.49. The van der Waals surface area contributed by atoms with Gasteiger partial charge in [-0.3, -0.25) is 0 Å². The van der Waals surface area contributed by atoms with E-state index in [-0.39, 0.29) is 6.10 Å². The van der Waals surface area contributed by atoms with Crippen molar-refractivity contribution in [2.24, 2.45) is 0 Å². The third-order valence-corrected chi connectivity index (χ3v) is 5.07. The largest absolute Gasteiger partial charge is 0.465 e. The Hall–Kier alpha value is -3.19. The van der Waals surface area contributed by atoms with Crippen molar-refractivity contribution in [3.63, 3.8) is 0 Å². The van der Waals surface area contributed by atoms with Crippen LogP contribution in [0.2, 0.25) is 0 Å². The van der Waals surface area contributed by atoms with Crippen molar-refractivity contribution in [2.45, 2.75) is 37.9 Å². The second-order valence-corrected chi connectivity index (χ2v) is 7.66. The van der Waals surface area contributed by atoms with Crippen LogP contribution in [-0.2, 0) is 16.1 Å². The molecule has 0 amide bonds. The molecule has 1 fully saturated rings. The fourth-order valence-electron chi connectivity index (χ4n) is 3.49. The maximum atomic E-state index is 12.2. The summed E-state index contributed by atoms with van der Waals surface area (Å²) in [6, 6.07) is 25.5. The van der Waals surface area contributed by atoms with E-state index in [2.05, 4.69) is 0 Å². The van der Waals surface area contributed by atoms with Gasteiger partial charge in [0, 0.05) is 12.8 Å². The molecule has 1 N–H and O–H groups in total. The van der Waals surface area contributed by atoms with Crippen molar-refractivity contribution in [2.75, 3.05) is 6.61 Å². The van der Waals surface area contributed by atoms with Crippen molar-refractivity contribution in [1.82, 2.24) is 0 Å². The molecule has 3 atom stereocenters. The summed E-state index contributed by atoms with van der Waals surface area (Å²) in [5.74, 6) is 0.562. The number of benzene rings is 3. The van der Waals surface area contributed by atoms with Crippen LogP contribution in [0.25, 0.3) is 0 Å². The quantitative estimate of drug-likeness (QED) is 0.419. The molecule has 2 unspecified atom stereocenters. The first-order chi connectivity index (χ1) is 15.7. The van der Waals surface area contributed by atoms with E-state index in [1.807, 2.05) is 36.4 Å². The highest BCUT2D eigenvalue weighted by atomic mass is 16.7. The highest BCUT2D eigenvalue weighted by Crippen LogP contribution is 2.25. The van der Waals surface area contributed by atoms with Crippen molar-refractivity contribution in [3.05, 3.63) is 96.1 Å². The van der Waals surface area contributed by atoms with Gasteiger partial charge in [-0.1, -0.05) is 48.5 Å². The molecule has 0 aromatic heterocycles. The lowest BCUT2D eigenvalue weighted by atomic mass is 10.1. The van der Waals surface area contributed by atoms with E-state index in [9.17, 15) is 9.90 Å². The van der Waals surface area contributed by atoms with Crippen LogP contribution >= 0.6 is 0 Å². The number of hydrogen-bond acceptors (Lipinski definition) is 6. The number of rotatable bonds is 8. The maximum Gasteiger partial charge on any atom is 0.343 e. The molecule has 1 aliphatic heterocycles. The Labute approximate surface area is 187 Å². The van der Waals surface area contributed by atoms with Crippen molar-refractivity contribution < 1.29 is 28.8 Å². The fraction of sp³-hybridized carbons (Fsp3) is 0.269. The molecular formula is C26H26O6. The number of aliphatic hydroxyl groups is 1. The van der Waals surface area contributed by atoms with Crippen LogP contribution in [0, 0.1) is 0 Å². The molecule has 32 heavy (non-hydrogen) atoms. The standard InChI is InChI=1S/C26H26O6/c27-21-15-24(18-29-17-19-7-3-1-4-8-19)31-25(16-21)30-22-11-13-23(14-12-22)32-26(28)20-9-5-2-6-10-20/h1-14,21,24-25,27H,15-18H2/t21?,24-,25?/m0/s1. The third kappa shape index (κ3) is 6.40. The molecule has 0 saturated carbocycles. The Balaban J connectivity index is 1.26. The van der Waals surface area contributed by atoms with E-state index < -0.39 is 18.4 Å². The number of esters is 1. The van der Waals surface area contributed by atoms with Gasteiger partial charge in [-0.15, -0.1) is 0 Å².